The quantitative estimate of drug-likeness (QED) is 0.794. The first-order valence-corrected chi connectivity index (χ1v) is 10.4. The number of anilines is 3. The highest BCUT2D eigenvalue weighted by Crippen LogP contribution is 2.22. The van der Waals surface area contributed by atoms with Gasteiger partial charge < -0.3 is 19.6 Å². The molecule has 0 atom stereocenters. The summed E-state index contributed by atoms with van der Waals surface area (Å²) in [5.41, 5.74) is 2.84. The first-order valence-electron chi connectivity index (χ1n) is 10.4. The Morgan fingerprint density at radius 2 is 1.55 bits per heavy atom. The largest absolute Gasteiger partial charge is 0.378 e. The molecular weight excluding hydrogens is 364 g/mol. The van der Waals surface area contributed by atoms with Crippen molar-refractivity contribution < 1.29 is 4.79 Å². The lowest BCUT2D eigenvalue weighted by atomic mass is 10.1. The number of rotatable bonds is 4. The van der Waals surface area contributed by atoms with E-state index < -0.39 is 0 Å². The number of piperazine rings is 1. The van der Waals surface area contributed by atoms with E-state index in [0.29, 0.717) is 13.1 Å². The summed E-state index contributed by atoms with van der Waals surface area (Å²) in [6.07, 6.45) is 2.42. The lowest BCUT2D eigenvalue weighted by Crippen LogP contribution is -2.49. The molecule has 0 aliphatic carbocycles. The van der Waals surface area contributed by atoms with Gasteiger partial charge in [-0.15, -0.1) is 0 Å². The molecule has 2 saturated heterocycles. The molecule has 1 amide bonds. The lowest BCUT2D eigenvalue weighted by molar-refractivity contribution is 0.0746. The van der Waals surface area contributed by atoms with Crippen molar-refractivity contribution in [3.8, 4) is 0 Å². The molecule has 154 valence electrons. The monoisotopic (exact) mass is 394 g/mol. The summed E-state index contributed by atoms with van der Waals surface area (Å²) < 4.78 is 0. The minimum absolute atomic E-state index is 0.103. The highest BCUT2D eigenvalue weighted by Gasteiger charge is 2.24. The standard InChI is InChI=1S/C22H30N6O/c1-17-16-20(24-22(23-17)28-10-4-5-11-28)26-12-14-27(15-13-26)21(29)18-6-8-19(9-7-18)25(2)3/h6-9,16H,4-5,10-15H2,1-3H3. The molecule has 29 heavy (non-hydrogen) atoms. The molecule has 3 heterocycles. The summed E-state index contributed by atoms with van der Waals surface area (Å²) in [6.45, 7) is 7.10. The number of nitrogens with zero attached hydrogens (tertiary/aromatic N) is 6. The number of aromatic nitrogens is 2. The average molecular weight is 395 g/mol. The smallest absolute Gasteiger partial charge is 0.253 e. The molecule has 2 aliphatic heterocycles. The van der Waals surface area contributed by atoms with E-state index in [1.165, 1.54) is 12.8 Å². The van der Waals surface area contributed by atoms with Crippen LogP contribution in [0.5, 0.6) is 0 Å². The summed E-state index contributed by atoms with van der Waals surface area (Å²) in [7, 11) is 4.00. The zero-order chi connectivity index (χ0) is 20.4. The number of aryl methyl sites for hydroxylation is 1. The number of amides is 1. The molecule has 0 unspecified atom stereocenters. The van der Waals surface area contributed by atoms with E-state index in [1.54, 1.807) is 0 Å². The minimum atomic E-state index is 0.103. The Hall–Kier alpha value is -2.83. The van der Waals surface area contributed by atoms with Gasteiger partial charge in [0, 0.05) is 76.4 Å². The fourth-order valence-corrected chi connectivity index (χ4v) is 3.98. The molecule has 4 rings (SSSR count). The Labute approximate surface area is 172 Å². The van der Waals surface area contributed by atoms with Crippen molar-refractivity contribution in [1.82, 2.24) is 14.9 Å². The van der Waals surface area contributed by atoms with Gasteiger partial charge in [0.25, 0.3) is 5.91 Å². The van der Waals surface area contributed by atoms with Crippen molar-refractivity contribution in [3.63, 3.8) is 0 Å². The van der Waals surface area contributed by atoms with Crippen LogP contribution >= 0.6 is 0 Å². The van der Waals surface area contributed by atoms with Crippen LogP contribution < -0.4 is 14.7 Å². The van der Waals surface area contributed by atoms with Gasteiger partial charge in [-0.2, -0.15) is 4.98 Å². The molecule has 7 nitrogen and oxygen atoms in total. The first-order chi connectivity index (χ1) is 14.0. The fraction of sp³-hybridized carbons (Fsp3) is 0.500. The number of hydrogen-bond donors (Lipinski definition) is 0. The molecule has 0 bridgehead atoms. The molecule has 2 aromatic rings. The number of carbonyl (C=O) groups is 1. The molecule has 0 saturated carbocycles. The third-order valence-corrected chi connectivity index (χ3v) is 5.74. The van der Waals surface area contributed by atoms with Crippen LogP contribution in [0.1, 0.15) is 28.9 Å². The van der Waals surface area contributed by atoms with Gasteiger partial charge in [-0.05, 0) is 44.0 Å². The van der Waals surface area contributed by atoms with E-state index in [2.05, 4.69) is 20.9 Å². The van der Waals surface area contributed by atoms with E-state index in [-0.39, 0.29) is 5.91 Å². The van der Waals surface area contributed by atoms with E-state index >= 15 is 0 Å². The summed E-state index contributed by atoms with van der Waals surface area (Å²) in [5.74, 6) is 1.92. The van der Waals surface area contributed by atoms with Gasteiger partial charge in [0.2, 0.25) is 5.95 Å². The van der Waals surface area contributed by atoms with E-state index in [9.17, 15) is 4.79 Å². The molecule has 1 aromatic heterocycles. The van der Waals surface area contributed by atoms with Crippen LogP contribution in [0.25, 0.3) is 0 Å². The van der Waals surface area contributed by atoms with Crippen LogP contribution in [0.15, 0.2) is 30.3 Å². The third kappa shape index (κ3) is 4.28. The van der Waals surface area contributed by atoms with Crippen molar-refractivity contribution in [1.29, 1.82) is 0 Å². The molecule has 1 aromatic carbocycles. The molecule has 2 aliphatic rings. The summed E-state index contributed by atoms with van der Waals surface area (Å²) in [4.78, 5) is 30.8. The minimum Gasteiger partial charge on any atom is -0.378 e. The number of hydrogen-bond acceptors (Lipinski definition) is 6. The first kappa shape index (κ1) is 19.5. The van der Waals surface area contributed by atoms with Crippen LogP contribution in [0.2, 0.25) is 0 Å². The zero-order valence-corrected chi connectivity index (χ0v) is 17.6. The number of carbonyl (C=O) groups excluding carboxylic acids is 1. The molecule has 0 spiro atoms. The maximum Gasteiger partial charge on any atom is 0.253 e. The van der Waals surface area contributed by atoms with E-state index in [4.69, 9.17) is 4.98 Å². The van der Waals surface area contributed by atoms with Crippen molar-refractivity contribution in [2.75, 3.05) is 68.1 Å². The Morgan fingerprint density at radius 3 is 2.17 bits per heavy atom. The topological polar surface area (TPSA) is 55.8 Å². The van der Waals surface area contributed by atoms with Crippen LogP contribution in [0.3, 0.4) is 0 Å². The van der Waals surface area contributed by atoms with Crippen LogP contribution in [0.4, 0.5) is 17.5 Å². The SMILES string of the molecule is Cc1cc(N2CCN(C(=O)c3ccc(N(C)C)cc3)CC2)nc(N2CCCC2)n1. The molecule has 0 N–H and O–H groups in total. The molecule has 2 fully saturated rings. The predicted octanol–water partition coefficient (Wildman–Crippen LogP) is 2.41. The Kier molecular flexibility index (Phi) is 5.56. The zero-order valence-electron chi connectivity index (χ0n) is 17.6. The van der Waals surface area contributed by atoms with Crippen LogP contribution in [0, 0.1) is 6.92 Å². The fourth-order valence-electron chi connectivity index (χ4n) is 3.98. The van der Waals surface area contributed by atoms with E-state index in [1.807, 2.05) is 55.1 Å². The highest BCUT2D eigenvalue weighted by molar-refractivity contribution is 5.94. The summed E-state index contributed by atoms with van der Waals surface area (Å²) >= 11 is 0. The maximum atomic E-state index is 12.9. The van der Waals surface area contributed by atoms with Crippen molar-refractivity contribution in [3.05, 3.63) is 41.6 Å². The van der Waals surface area contributed by atoms with Gasteiger partial charge in [-0.1, -0.05) is 0 Å². The van der Waals surface area contributed by atoms with Crippen molar-refractivity contribution >= 4 is 23.4 Å². The molecular formula is C22H30N6O. The Morgan fingerprint density at radius 1 is 0.897 bits per heavy atom. The van der Waals surface area contributed by atoms with E-state index in [0.717, 1.165) is 54.9 Å². The molecule has 0 radical (unpaired) electrons. The van der Waals surface area contributed by atoms with Gasteiger partial charge in [-0.3, -0.25) is 4.79 Å². The normalized spacial score (nSPS) is 17.0. The second-order valence-electron chi connectivity index (χ2n) is 8.08. The van der Waals surface area contributed by atoms with Crippen LogP contribution in [-0.4, -0.2) is 74.1 Å². The third-order valence-electron chi connectivity index (χ3n) is 5.74. The van der Waals surface area contributed by atoms with Gasteiger partial charge in [0.05, 0.1) is 0 Å². The van der Waals surface area contributed by atoms with Crippen molar-refractivity contribution in [2.24, 2.45) is 0 Å². The average Bonchev–Trinajstić information content (AvgIpc) is 3.28. The predicted molar refractivity (Wildman–Crippen MR) is 117 cm³/mol. The number of benzene rings is 1. The lowest BCUT2D eigenvalue weighted by Gasteiger charge is -2.36. The Bertz CT molecular complexity index is 852. The Balaban J connectivity index is 1.41. The second kappa shape index (κ2) is 8.27. The highest BCUT2D eigenvalue weighted by atomic mass is 16.2. The molecule has 7 heteroatoms. The summed E-state index contributed by atoms with van der Waals surface area (Å²) in [5, 5.41) is 0. The summed E-state index contributed by atoms with van der Waals surface area (Å²) in [6, 6.07) is 9.87. The maximum absolute atomic E-state index is 12.9. The van der Waals surface area contributed by atoms with Gasteiger partial charge in [-0.25, -0.2) is 4.98 Å². The van der Waals surface area contributed by atoms with Gasteiger partial charge in [0.15, 0.2) is 0 Å². The van der Waals surface area contributed by atoms with Crippen molar-refractivity contribution in [2.45, 2.75) is 19.8 Å². The van der Waals surface area contributed by atoms with Gasteiger partial charge >= 0.3 is 0 Å². The van der Waals surface area contributed by atoms with Gasteiger partial charge in [0.1, 0.15) is 5.82 Å². The second-order valence-corrected chi connectivity index (χ2v) is 8.08. The van der Waals surface area contributed by atoms with Crippen LogP contribution in [-0.2, 0) is 0 Å².